The van der Waals surface area contributed by atoms with Crippen molar-refractivity contribution in [3.63, 3.8) is 0 Å². The maximum Gasteiger partial charge on any atom is 0.416 e. The minimum atomic E-state index is -4.31. The van der Waals surface area contributed by atoms with Gasteiger partial charge in [0.15, 0.2) is 0 Å². The van der Waals surface area contributed by atoms with Crippen molar-refractivity contribution >= 4 is 24.0 Å². The van der Waals surface area contributed by atoms with Gasteiger partial charge >= 0.3 is 6.18 Å². The van der Waals surface area contributed by atoms with Gasteiger partial charge in [0.2, 0.25) is 5.91 Å². The van der Waals surface area contributed by atoms with E-state index < -0.39 is 11.7 Å². The zero-order chi connectivity index (χ0) is 22.6. The minimum Gasteiger partial charge on any atom is -0.369 e. The van der Waals surface area contributed by atoms with Crippen LogP contribution in [0.15, 0.2) is 48.5 Å². The summed E-state index contributed by atoms with van der Waals surface area (Å²) in [5.74, 6) is 0.232. The predicted molar refractivity (Wildman–Crippen MR) is 127 cm³/mol. The quantitative estimate of drug-likeness (QED) is 0.499. The van der Waals surface area contributed by atoms with Crippen molar-refractivity contribution in [2.45, 2.75) is 44.9 Å². The normalized spacial score (nSPS) is 16.5. The van der Waals surface area contributed by atoms with Crippen molar-refractivity contribution in [1.82, 2.24) is 9.80 Å². The molecule has 1 fully saturated rings. The fourth-order valence-corrected chi connectivity index (χ4v) is 4.56. The lowest BCUT2D eigenvalue weighted by Gasteiger charge is -2.36. The Hall–Kier alpha value is -2.25. The number of fused-ring (bicyclic) bond motifs is 1. The molecule has 0 N–H and O–H groups in total. The van der Waals surface area contributed by atoms with Crippen LogP contribution in [0.25, 0.3) is 0 Å². The summed E-state index contributed by atoms with van der Waals surface area (Å²) >= 11 is 0. The van der Waals surface area contributed by atoms with Crippen molar-refractivity contribution in [3.8, 4) is 0 Å². The molecule has 2 aliphatic rings. The first-order valence-electron chi connectivity index (χ1n) is 11.4. The second kappa shape index (κ2) is 11.3. The minimum absolute atomic E-state index is 0. The largest absolute Gasteiger partial charge is 0.416 e. The van der Waals surface area contributed by atoms with Crippen LogP contribution in [0.1, 0.15) is 42.4 Å². The van der Waals surface area contributed by atoms with Crippen LogP contribution >= 0.6 is 12.4 Å². The lowest BCUT2D eigenvalue weighted by Crippen LogP contribution is -2.46. The molecule has 0 unspecified atom stereocenters. The SMILES string of the molecule is Cl.O=C(CCCCCN1CCN(c2cccc(C(F)(F)F)c2)CC1)N1Cc2ccccc2C1. The Morgan fingerprint density at radius 3 is 2.15 bits per heavy atom. The van der Waals surface area contributed by atoms with E-state index in [0.717, 1.165) is 71.1 Å². The van der Waals surface area contributed by atoms with Crippen LogP contribution in [0, 0.1) is 0 Å². The van der Waals surface area contributed by atoms with Crippen LogP contribution in [0.5, 0.6) is 0 Å². The van der Waals surface area contributed by atoms with Crippen molar-refractivity contribution in [2.24, 2.45) is 0 Å². The van der Waals surface area contributed by atoms with Crippen LogP contribution in [-0.4, -0.2) is 48.4 Å². The molecule has 4 rings (SSSR count). The van der Waals surface area contributed by atoms with E-state index >= 15 is 0 Å². The van der Waals surface area contributed by atoms with Crippen LogP contribution in [0.3, 0.4) is 0 Å². The summed E-state index contributed by atoms with van der Waals surface area (Å²) in [6, 6.07) is 13.8. The zero-order valence-corrected chi connectivity index (χ0v) is 19.5. The maximum atomic E-state index is 12.9. The molecule has 0 aliphatic carbocycles. The van der Waals surface area contributed by atoms with Gasteiger partial charge < -0.3 is 9.80 Å². The van der Waals surface area contributed by atoms with Crippen LogP contribution in [0.2, 0.25) is 0 Å². The monoisotopic (exact) mass is 481 g/mol. The third kappa shape index (κ3) is 6.64. The molecular formula is C25H31ClF3N3O. The first-order chi connectivity index (χ1) is 15.4. The number of benzene rings is 2. The second-order valence-electron chi connectivity index (χ2n) is 8.71. The summed E-state index contributed by atoms with van der Waals surface area (Å²) in [5.41, 5.74) is 2.56. The number of rotatable bonds is 7. The molecule has 0 saturated carbocycles. The summed E-state index contributed by atoms with van der Waals surface area (Å²) < 4.78 is 38.8. The number of hydrogen-bond acceptors (Lipinski definition) is 3. The first-order valence-corrected chi connectivity index (χ1v) is 11.4. The summed E-state index contributed by atoms with van der Waals surface area (Å²) in [5, 5.41) is 0. The second-order valence-corrected chi connectivity index (χ2v) is 8.71. The Bertz CT molecular complexity index is 904. The van der Waals surface area contributed by atoms with Crippen molar-refractivity contribution < 1.29 is 18.0 Å². The highest BCUT2D eigenvalue weighted by atomic mass is 35.5. The number of amides is 1. The lowest BCUT2D eigenvalue weighted by atomic mass is 10.1. The number of hydrogen-bond donors (Lipinski definition) is 0. The number of carbonyl (C=O) groups excluding carboxylic acids is 1. The van der Waals surface area contributed by atoms with E-state index in [-0.39, 0.29) is 18.3 Å². The van der Waals surface area contributed by atoms with Gasteiger partial charge in [0.05, 0.1) is 5.56 Å². The molecule has 1 amide bonds. The molecule has 2 heterocycles. The number of nitrogens with zero attached hydrogens (tertiary/aromatic N) is 3. The molecule has 0 atom stereocenters. The Morgan fingerprint density at radius 2 is 1.52 bits per heavy atom. The molecule has 2 aromatic carbocycles. The number of anilines is 1. The van der Waals surface area contributed by atoms with Crippen molar-refractivity contribution in [2.75, 3.05) is 37.6 Å². The average molecular weight is 482 g/mol. The molecular weight excluding hydrogens is 451 g/mol. The van der Waals surface area contributed by atoms with E-state index in [1.807, 2.05) is 21.9 Å². The molecule has 33 heavy (non-hydrogen) atoms. The number of carbonyl (C=O) groups is 1. The smallest absolute Gasteiger partial charge is 0.369 e. The molecule has 1 saturated heterocycles. The van der Waals surface area contributed by atoms with Gasteiger partial charge in [-0.2, -0.15) is 13.2 Å². The average Bonchev–Trinajstić information content (AvgIpc) is 3.23. The zero-order valence-electron chi connectivity index (χ0n) is 18.7. The molecule has 0 spiro atoms. The van der Waals surface area contributed by atoms with Crippen molar-refractivity contribution in [3.05, 3.63) is 65.2 Å². The van der Waals surface area contributed by atoms with Crippen LogP contribution in [0.4, 0.5) is 18.9 Å². The maximum absolute atomic E-state index is 12.9. The van der Waals surface area contributed by atoms with Gasteiger partial charge in [0, 0.05) is 51.4 Å². The molecule has 0 radical (unpaired) electrons. The van der Waals surface area contributed by atoms with E-state index in [4.69, 9.17) is 0 Å². The Labute approximate surface area is 199 Å². The molecule has 2 aromatic rings. The molecule has 4 nitrogen and oxygen atoms in total. The van der Waals surface area contributed by atoms with E-state index in [9.17, 15) is 18.0 Å². The van der Waals surface area contributed by atoms with Crippen LogP contribution in [-0.2, 0) is 24.1 Å². The Kier molecular flexibility index (Phi) is 8.65. The molecule has 0 aromatic heterocycles. The highest BCUT2D eigenvalue weighted by Crippen LogP contribution is 2.32. The molecule has 0 bridgehead atoms. The van der Waals surface area contributed by atoms with E-state index in [2.05, 4.69) is 17.0 Å². The van der Waals surface area contributed by atoms with Gasteiger partial charge in [-0.15, -0.1) is 12.4 Å². The lowest BCUT2D eigenvalue weighted by molar-refractivity contribution is -0.137. The van der Waals surface area contributed by atoms with E-state index in [1.54, 1.807) is 6.07 Å². The number of halogens is 4. The molecule has 8 heteroatoms. The topological polar surface area (TPSA) is 26.8 Å². The van der Waals surface area contributed by atoms with Gasteiger partial charge in [-0.05, 0) is 48.7 Å². The van der Waals surface area contributed by atoms with Crippen LogP contribution < -0.4 is 4.90 Å². The number of unbranched alkanes of at least 4 members (excludes halogenated alkanes) is 2. The fourth-order valence-electron chi connectivity index (χ4n) is 4.56. The van der Waals surface area contributed by atoms with Gasteiger partial charge in [-0.1, -0.05) is 36.8 Å². The molecule has 2 aliphatic heterocycles. The third-order valence-electron chi connectivity index (χ3n) is 6.47. The Morgan fingerprint density at radius 1 is 0.848 bits per heavy atom. The van der Waals surface area contributed by atoms with Gasteiger partial charge in [0.1, 0.15) is 0 Å². The van der Waals surface area contributed by atoms with Crippen molar-refractivity contribution in [1.29, 1.82) is 0 Å². The summed E-state index contributed by atoms with van der Waals surface area (Å²) in [6.45, 7) is 5.59. The number of alkyl halides is 3. The van der Waals surface area contributed by atoms with Gasteiger partial charge in [-0.25, -0.2) is 0 Å². The summed E-state index contributed by atoms with van der Waals surface area (Å²) in [4.78, 5) is 18.8. The summed E-state index contributed by atoms with van der Waals surface area (Å²) in [7, 11) is 0. The highest BCUT2D eigenvalue weighted by Gasteiger charge is 2.31. The van der Waals surface area contributed by atoms with Gasteiger partial charge in [-0.3, -0.25) is 9.69 Å². The fraction of sp³-hybridized carbons (Fsp3) is 0.480. The predicted octanol–water partition coefficient (Wildman–Crippen LogP) is 5.35. The Balaban J connectivity index is 0.00000306. The van der Waals surface area contributed by atoms with E-state index in [0.29, 0.717) is 12.1 Å². The first kappa shape index (κ1) is 25.4. The third-order valence-corrected chi connectivity index (χ3v) is 6.47. The standard InChI is InChI=1S/C25H30F3N3O.ClH/c26-25(27,28)22-9-6-10-23(17-22)30-15-13-29(14-16-30)12-5-1-2-11-24(32)31-18-20-7-3-4-8-21(20)19-31;/h3-4,6-10,17H,1-2,5,11-16,18-19H2;1H. The number of piperazine rings is 1. The summed E-state index contributed by atoms with van der Waals surface area (Å²) in [6.07, 6.45) is -0.761. The molecule has 180 valence electrons. The highest BCUT2D eigenvalue weighted by molar-refractivity contribution is 5.85. The van der Waals surface area contributed by atoms with E-state index in [1.165, 1.54) is 23.3 Å². The van der Waals surface area contributed by atoms with Gasteiger partial charge in [0.25, 0.3) is 0 Å².